The van der Waals surface area contributed by atoms with Gasteiger partial charge < -0.3 is 37.6 Å². The molecular weight excluding hydrogens is 402 g/mol. The minimum Gasteiger partial charge on any atom is -0.481 e. The molecule has 0 aliphatic carbocycles. The maximum absolute atomic E-state index is 12.6. The lowest BCUT2D eigenvalue weighted by Gasteiger charge is -2.24. The molecule has 4 amide bonds. The average Bonchev–Trinajstić information content (AvgIpc) is 2.66. The van der Waals surface area contributed by atoms with Crippen LogP contribution in [0.15, 0.2) is 0 Å². The second-order valence-corrected chi connectivity index (χ2v) is 6.75. The number of carboxylic acid groups (broad SMARTS) is 2. The summed E-state index contributed by atoms with van der Waals surface area (Å²) >= 11 is 0. The predicted molar refractivity (Wildman–Crippen MR) is 103 cm³/mol. The molecule has 0 aliphatic heterocycles. The van der Waals surface area contributed by atoms with Gasteiger partial charge in [-0.2, -0.15) is 0 Å². The third-order valence-corrected chi connectivity index (χ3v) is 4.29. The maximum Gasteiger partial charge on any atom is 0.322 e. The lowest BCUT2D eigenvalue weighted by Crippen LogP contribution is -2.57. The zero-order valence-electron chi connectivity index (χ0n) is 16.8. The van der Waals surface area contributed by atoms with Gasteiger partial charge in [-0.15, -0.1) is 0 Å². The number of nitrogens with one attached hydrogen (secondary N) is 3. The highest BCUT2D eigenvalue weighted by Crippen LogP contribution is 2.07. The Morgan fingerprint density at radius 2 is 1.47 bits per heavy atom. The number of carbonyl (C=O) groups excluding carboxylic acids is 4. The van der Waals surface area contributed by atoms with Crippen molar-refractivity contribution in [3.05, 3.63) is 0 Å². The Bertz CT molecular complexity index is 669. The standard InChI is InChI=1S/C17H29N5O8/c1-3-8(2)14(19)17(30)22-10(6-11(18)23)16(29)21-9(4-5-12(24)25)15(28)20-7-13(26)27/h8-10,14H,3-7,19H2,1-2H3,(H2,18,23)(H,20,28)(H,21,29)(H,22,30)(H,24,25)(H,26,27). The molecule has 170 valence electrons. The number of primary amides is 1. The molecular formula is C17H29N5O8. The largest absolute Gasteiger partial charge is 0.481 e. The van der Waals surface area contributed by atoms with Crippen LogP contribution in [-0.2, 0) is 28.8 Å². The number of carbonyl (C=O) groups is 6. The molecule has 9 N–H and O–H groups in total. The van der Waals surface area contributed by atoms with Crippen molar-refractivity contribution in [2.75, 3.05) is 6.54 Å². The third kappa shape index (κ3) is 10.4. The molecule has 13 heteroatoms. The van der Waals surface area contributed by atoms with Crippen molar-refractivity contribution >= 4 is 35.6 Å². The first-order valence-corrected chi connectivity index (χ1v) is 9.24. The molecule has 0 aromatic carbocycles. The van der Waals surface area contributed by atoms with E-state index in [1.807, 2.05) is 12.2 Å². The average molecular weight is 431 g/mol. The van der Waals surface area contributed by atoms with Crippen LogP contribution in [0.4, 0.5) is 0 Å². The Labute approximate surface area is 172 Å². The van der Waals surface area contributed by atoms with Crippen LogP contribution in [0.25, 0.3) is 0 Å². The van der Waals surface area contributed by atoms with Crippen molar-refractivity contribution in [2.24, 2.45) is 17.4 Å². The first-order valence-electron chi connectivity index (χ1n) is 9.24. The number of rotatable bonds is 14. The van der Waals surface area contributed by atoms with Gasteiger partial charge >= 0.3 is 11.9 Å². The van der Waals surface area contributed by atoms with E-state index in [2.05, 4.69) is 10.6 Å². The van der Waals surface area contributed by atoms with Gasteiger partial charge in [0.2, 0.25) is 23.6 Å². The van der Waals surface area contributed by atoms with Crippen LogP contribution in [0, 0.1) is 5.92 Å². The van der Waals surface area contributed by atoms with E-state index in [-0.39, 0.29) is 12.3 Å². The third-order valence-electron chi connectivity index (χ3n) is 4.29. The lowest BCUT2D eigenvalue weighted by atomic mass is 9.99. The highest BCUT2D eigenvalue weighted by molar-refractivity contribution is 5.96. The summed E-state index contributed by atoms with van der Waals surface area (Å²) < 4.78 is 0. The second-order valence-electron chi connectivity index (χ2n) is 6.75. The van der Waals surface area contributed by atoms with Gasteiger partial charge in [-0.1, -0.05) is 20.3 Å². The molecule has 30 heavy (non-hydrogen) atoms. The molecule has 0 spiro atoms. The van der Waals surface area contributed by atoms with E-state index in [1.54, 1.807) is 6.92 Å². The number of nitrogens with two attached hydrogens (primary N) is 2. The molecule has 0 bridgehead atoms. The molecule has 0 rings (SSSR count). The number of aliphatic carboxylic acids is 2. The number of hydrogen-bond donors (Lipinski definition) is 7. The molecule has 0 aromatic rings. The van der Waals surface area contributed by atoms with E-state index < -0.39 is 73.1 Å². The Morgan fingerprint density at radius 1 is 0.900 bits per heavy atom. The summed E-state index contributed by atoms with van der Waals surface area (Å²) in [7, 11) is 0. The molecule has 4 unspecified atom stereocenters. The van der Waals surface area contributed by atoms with E-state index in [0.29, 0.717) is 6.42 Å². The fraction of sp³-hybridized carbons (Fsp3) is 0.647. The Hall–Kier alpha value is -3.22. The fourth-order valence-electron chi connectivity index (χ4n) is 2.29. The molecule has 0 fully saturated rings. The van der Waals surface area contributed by atoms with Crippen LogP contribution in [0.5, 0.6) is 0 Å². The van der Waals surface area contributed by atoms with Gasteiger partial charge in [0.1, 0.15) is 18.6 Å². The van der Waals surface area contributed by atoms with Crippen LogP contribution in [0.2, 0.25) is 0 Å². The minimum absolute atomic E-state index is 0.215. The zero-order valence-corrected chi connectivity index (χ0v) is 16.8. The molecule has 13 nitrogen and oxygen atoms in total. The smallest absolute Gasteiger partial charge is 0.322 e. The van der Waals surface area contributed by atoms with Crippen molar-refractivity contribution in [2.45, 2.75) is 57.7 Å². The summed E-state index contributed by atoms with van der Waals surface area (Å²) in [5.74, 6) is -6.33. The van der Waals surface area contributed by atoms with Crippen LogP contribution in [-0.4, -0.2) is 70.5 Å². The molecule has 0 aromatic heterocycles. The molecule has 0 saturated carbocycles. The summed E-state index contributed by atoms with van der Waals surface area (Å²) in [6.45, 7) is 2.79. The number of amides is 4. The van der Waals surface area contributed by atoms with Gasteiger partial charge in [-0.05, 0) is 12.3 Å². The van der Waals surface area contributed by atoms with Crippen LogP contribution < -0.4 is 27.4 Å². The normalized spacial score (nSPS) is 14.5. The SMILES string of the molecule is CCC(C)C(N)C(=O)NC(CC(N)=O)C(=O)NC(CCC(=O)O)C(=O)NCC(=O)O. The van der Waals surface area contributed by atoms with Crippen LogP contribution in [0.1, 0.15) is 39.5 Å². The van der Waals surface area contributed by atoms with Gasteiger partial charge in [-0.3, -0.25) is 28.8 Å². The molecule has 0 heterocycles. The van der Waals surface area contributed by atoms with Crippen molar-refractivity contribution in [1.29, 1.82) is 0 Å². The van der Waals surface area contributed by atoms with Gasteiger partial charge in [0.15, 0.2) is 0 Å². The minimum atomic E-state index is -1.45. The van der Waals surface area contributed by atoms with Crippen molar-refractivity contribution < 1.29 is 39.0 Å². The lowest BCUT2D eigenvalue weighted by molar-refractivity contribution is -0.140. The van der Waals surface area contributed by atoms with Crippen molar-refractivity contribution in [3.63, 3.8) is 0 Å². The number of carboxylic acids is 2. The molecule has 0 radical (unpaired) electrons. The first kappa shape index (κ1) is 26.8. The number of hydrogen-bond acceptors (Lipinski definition) is 7. The molecule has 0 aliphatic rings. The summed E-state index contributed by atoms with van der Waals surface area (Å²) in [4.78, 5) is 69.6. The maximum atomic E-state index is 12.6. The Morgan fingerprint density at radius 3 is 1.93 bits per heavy atom. The predicted octanol–water partition coefficient (Wildman–Crippen LogP) is -2.73. The van der Waals surface area contributed by atoms with Crippen molar-refractivity contribution in [1.82, 2.24) is 16.0 Å². The monoisotopic (exact) mass is 431 g/mol. The van der Waals surface area contributed by atoms with Gasteiger partial charge in [0.05, 0.1) is 12.5 Å². The van der Waals surface area contributed by atoms with Gasteiger partial charge in [0.25, 0.3) is 0 Å². The van der Waals surface area contributed by atoms with Gasteiger partial charge in [0, 0.05) is 6.42 Å². The quantitative estimate of drug-likeness (QED) is 0.151. The van der Waals surface area contributed by atoms with Crippen molar-refractivity contribution in [3.8, 4) is 0 Å². The topological polar surface area (TPSA) is 231 Å². The first-order chi connectivity index (χ1) is 13.9. The highest BCUT2D eigenvalue weighted by Gasteiger charge is 2.30. The summed E-state index contributed by atoms with van der Waals surface area (Å²) in [6, 6.07) is -3.83. The molecule has 4 atom stereocenters. The van der Waals surface area contributed by atoms with Crippen LogP contribution in [0.3, 0.4) is 0 Å². The Balaban J connectivity index is 5.36. The van der Waals surface area contributed by atoms with Crippen LogP contribution >= 0.6 is 0 Å². The van der Waals surface area contributed by atoms with Gasteiger partial charge in [-0.25, -0.2) is 0 Å². The second kappa shape index (κ2) is 13.1. The van der Waals surface area contributed by atoms with E-state index >= 15 is 0 Å². The van der Waals surface area contributed by atoms with E-state index in [9.17, 15) is 28.8 Å². The summed E-state index contributed by atoms with van der Waals surface area (Å²) in [5.41, 5.74) is 10.9. The zero-order chi connectivity index (χ0) is 23.4. The summed E-state index contributed by atoms with van der Waals surface area (Å²) in [6.07, 6.45) is -0.858. The highest BCUT2D eigenvalue weighted by atomic mass is 16.4. The molecule has 0 saturated heterocycles. The fourth-order valence-corrected chi connectivity index (χ4v) is 2.29. The van der Waals surface area contributed by atoms with E-state index in [0.717, 1.165) is 0 Å². The van der Waals surface area contributed by atoms with E-state index in [4.69, 9.17) is 21.7 Å². The summed E-state index contributed by atoms with van der Waals surface area (Å²) in [5, 5.41) is 24.0. The Kier molecular flexibility index (Phi) is 11.7. The van der Waals surface area contributed by atoms with E-state index in [1.165, 1.54) is 0 Å².